The van der Waals surface area contributed by atoms with Gasteiger partial charge in [-0.1, -0.05) is 0 Å². The van der Waals surface area contributed by atoms with Gasteiger partial charge in [0.15, 0.2) is 0 Å². The lowest BCUT2D eigenvalue weighted by molar-refractivity contribution is 0.495. The molecular formula is C7H11BrN4. The summed E-state index contributed by atoms with van der Waals surface area (Å²) in [5.41, 5.74) is 9.50. The molecule has 12 heavy (non-hydrogen) atoms. The zero-order chi connectivity index (χ0) is 9.14. The fraction of sp³-hybridized carbons (Fsp3) is 0.286. The van der Waals surface area contributed by atoms with Crippen molar-refractivity contribution in [2.24, 2.45) is 0 Å². The summed E-state index contributed by atoms with van der Waals surface area (Å²) in [5, 5.41) is 1.83. The molecule has 0 aromatic carbocycles. The average molecular weight is 231 g/mol. The van der Waals surface area contributed by atoms with Gasteiger partial charge < -0.3 is 11.2 Å². The Morgan fingerprint density at radius 3 is 2.83 bits per heavy atom. The van der Waals surface area contributed by atoms with E-state index in [-0.39, 0.29) is 0 Å². The highest BCUT2D eigenvalue weighted by Gasteiger charge is 2.00. The Bertz CT molecular complexity index is 274. The van der Waals surface area contributed by atoms with Gasteiger partial charge in [0.1, 0.15) is 5.82 Å². The molecular weight excluding hydrogens is 220 g/mol. The van der Waals surface area contributed by atoms with E-state index in [2.05, 4.69) is 26.3 Å². The maximum Gasteiger partial charge on any atom is 0.125 e. The Kier molecular flexibility index (Phi) is 2.88. The highest BCUT2D eigenvalue weighted by molar-refractivity contribution is 9.10. The number of hydrogen-bond donors (Lipinski definition) is 2. The van der Waals surface area contributed by atoms with Crippen LogP contribution in [0.3, 0.4) is 0 Å². The number of aromatic nitrogens is 1. The smallest absolute Gasteiger partial charge is 0.125 e. The number of nitrogen functional groups attached to an aromatic ring is 1. The number of nitrogens with one attached hydrogen (secondary N) is 1. The molecule has 0 bridgehead atoms. The molecule has 3 N–H and O–H groups in total. The molecule has 0 aliphatic heterocycles. The molecule has 1 rings (SSSR count). The van der Waals surface area contributed by atoms with E-state index < -0.39 is 0 Å². The normalized spacial score (nSPS) is 10.3. The minimum Gasteiger partial charge on any atom is -0.384 e. The molecule has 66 valence electrons. The fourth-order valence-electron chi connectivity index (χ4n) is 0.781. The van der Waals surface area contributed by atoms with Crippen molar-refractivity contribution in [1.29, 1.82) is 0 Å². The lowest BCUT2D eigenvalue weighted by Gasteiger charge is -2.14. The van der Waals surface area contributed by atoms with Gasteiger partial charge >= 0.3 is 0 Å². The van der Waals surface area contributed by atoms with Gasteiger partial charge in [0, 0.05) is 26.4 Å². The second kappa shape index (κ2) is 3.73. The number of nitrogens with zero attached hydrogens (tertiary/aromatic N) is 2. The third-order valence-corrected chi connectivity index (χ3v) is 1.85. The first-order chi connectivity index (χ1) is 5.59. The third-order valence-electron chi connectivity index (χ3n) is 1.22. The number of anilines is 2. The molecule has 4 nitrogen and oxygen atoms in total. The molecule has 0 saturated carbocycles. The number of pyridine rings is 1. The van der Waals surface area contributed by atoms with Crippen molar-refractivity contribution in [2.75, 3.05) is 25.3 Å². The lowest BCUT2D eigenvalue weighted by Crippen LogP contribution is -2.20. The molecule has 0 radical (unpaired) electrons. The molecule has 0 saturated heterocycles. The second-order valence-corrected chi connectivity index (χ2v) is 3.45. The molecule has 0 spiro atoms. The lowest BCUT2D eigenvalue weighted by atomic mass is 10.4. The highest BCUT2D eigenvalue weighted by atomic mass is 79.9. The van der Waals surface area contributed by atoms with Crippen LogP contribution in [-0.2, 0) is 0 Å². The van der Waals surface area contributed by atoms with E-state index in [1.54, 1.807) is 12.3 Å². The summed E-state index contributed by atoms with van der Waals surface area (Å²) in [4.78, 5) is 3.92. The van der Waals surface area contributed by atoms with Crippen LogP contribution in [0.25, 0.3) is 0 Å². The molecule has 0 aliphatic carbocycles. The van der Waals surface area contributed by atoms with Gasteiger partial charge in [-0.15, -0.1) is 0 Å². The van der Waals surface area contributed by atoms with Gasteiger partial charge in [0.05, 0.1) is 10.2 Å². The standard InChI is InChI=1S/C7H11BrN4/c1-12(2)11-6-3-7(9)10-4-5(6)8/h3-4H,1-2H3,(H3,9,10,11). The maximum absolute atomic E-state index is 5.51. The zero-order valence-corrected chi connectivity index (χ0v) is 8.59. The number of nitrogens with two attached hydrogens (primary N) is 1. The van der Waals surface area contributed by atoms with E-state index >= 15 is 0 Å². The largest absolute Gasteiger partial charge is 0.384 e. The molecule has 5 heteroatoms. The monoisotopic (exact) mass is 230 g/mol. The van der Waals surface area contributed by atoms with E-state index in [0.29, 0.717) is 5.82 Å². The third kappa shape index (κ3) is 2.35. The topological polar surface area (TPSA) is 54.2 Å². The van der Waals surface area contributed by atoms with E-state index in [1.165, 1.54) is 0 Å². The van der Waals surface area contributed by atoms with Crippen LogP contribution in [0.4, 0.5) is 11.5 Å². The van der Waals surface area contributed by atoms with E-state index in [0.717, 1.165) is 10.2 Å². The van der Waals surface area contributed by atoms with E-state index in [9.17, 15) is 0 Å². The van der Waals surface area contributed by atoms with E-state index in [1.807, 2.05) is 19.1 Å². The molecule has 0 unspecified atom stereocenters. The Morgan fingerprint density at radius 2 is 2.25 bits per heavy atom. The first-order valence-corrected chi connectivity index (χ1v) is 4.24. The maximum atomic E-state index is 5.51. The molecule has 0 aliphatic rings. The van der Waals surface area contributed by atoms with Gasteiger partial charge in [-0.05, 0) is 15.9 Å². The van der Waals surface area contributed by atoms with Crippen LogP contribution in [0.15, 0.2) is 16.7 Å². The zero-order valence-electron chi connectivity index (χ0n) is 7.00. The summed E-state index contributed by atoms with van der Waals surface area (Å²) in [5.74, 6) is 0.502. The number of hydrazine groups is 1. The average Bonchev–Trinajstić information content (AvgIpc) is 1.96. The van der Waals surface area contributed by atoms with Gasteiger partial charge in [0.2, 0.25) is 0 Å². The van der Waals surface area contributed by atoms with Crippen LogP contribution in [0.1, 0.15) is 0 Å². The van der Waals surface area contributed by atoms with Crippen LogP contribution in [-0.4, -0.2) is 24.1 Å². The van der Waals surface area contributed by atoms with Crippen LogP contribution in [0, 0.1) is 0 Å². The molecule has 1 heterocycles. The predicted octanol–water partition coefficient (Wildman–Crippen LogP) is 1.31. The molecule has 0 amide bonds. The number of hydrogen-bond acceptors (Lipinski definition) is 4. The Labute approximate surface area is 79.9 Å². The summed E-state index contributed by atoms with van der Waals surface area (Å²) in [6.07, 6.45) is 1.67. The summed E-state index contributed by atoms with van der Waals surface area (Å²) in [6, 6.07) is 1.77. The van der Waals surface area contributed by atoms with Crippen molar-refractivity contribution < 1.29 is 0 Å². The fourth-order valence-corrected chi connectivity index (χ4v) is 1.09. The quantitative estimate of drug-likeness (QED) is 0.753. The van der Waals surface area contributed by atoms with Crippen LogP contribution in [0.5, 0.6) is 0 Å². The first kappa shape index (κ1) is 9.28. The summed E-state index contributed by atoms with van der Waals surface area (Å²) in [7, 11) is 3.81. The summed E-state index contributed by atoms with van der Waals surface area (Å²) >= 11 is 3.35. The Morgan fingerprint density at radius 1 is 1.58 bits per heavy atom. The first-order valence-electron chi connectivity index (χ1n) is 3.44. The minimum atomic E-state index is 0.502. The molecule has 1 aromatic rings. The summed E-state index contributed by atoms with van der Waals surface area (Å²) in [6.45, 7) is 0. The molecule has 0 fully saturated rings. The van der Waals surface area contributed by atoms with Crippen molar-refractivity contribution in [1.82, 2.24) is 9.99 Å². The van der Waals surface area contributed by atoms with Gasteiger partial charge in [-0.3, -0.25) is 0 Å². The van der Waals surface area contributed by atoms with Gasteiger partial charge in [0.25, 0.3) is 0 Å². The van der Waals surface area contributed by atoms with Crippen molar-refractivity contribution in [3.05, 3.63) is 16.7 Å². The van der Waals surface area contributed by atoms with Crippen molar-refractivity contribution in [3.8, 4) is 0 Å². The van der Waals surface area contributed by atoms with Crippen molar-refractivity contribution in [3.63, 3.8) is 0 Å². The predicted molar refractivity (Wildman–Crippen MR) is 53.7 cm³/mol. The second-order valence-electron chi connectivity index (χ2n) is 2.60. The number of rotatable bonds is 2. The van der Waals surface area contributed by atoms with Crippen molar-refractivity contribution in [2.45, 2.75) is 0 Å². The van der Waals surface area contributed by atoms with Gasteiger partial charge in [-0.2, -0.15) is 0 Å². The number of halogens is 1. The minimum absolute atomic E-state index is 0.502. The van der Waals surface area contributed by atoms with Crippen LogP contribution in [0.2, 0.25) is 0 Å². The molecule has 1 aromatic heterocycles. The van der Waals surface area contributed by atoms with Crippen LogP contribution >= 0.6 is 15.9 Å². The van der Waals surface area contributed by atoms with E-state index in [4.69, 9.17) is 5.73 Å². The SMILES string of the molecule is CN(C)Nc1cc(N)ncc1Br. The highest BCUT2D eigenvalue weighted by Crippen LogP contribution is 2.22. The Balaban J connectivity index is 2.90. The van der Waals surface area contributed by atoms with Gasteiger partial charge in [-0.25, -0.2) is 9.99 Å². The van der Waals surface area contributed by atoms with Crippen molar-refractivity contribution >= 4 is 27.4 Å². The van der Waals surface area contributed by atoms with Crippen LogP contribution < -0.4 is 11.2 Å². The summed E-state index contributed by atoms with van der Waals surface area (Å²) < 4.78 is 0.894. The Hall–Kier alpha value is -0.810. The molecule has 0 atom stereocenters.